The average molecular weight is 306 g/mol. The SMILES string of the molecule is Cc1cccc(NC(=S)NCCCN2CCCC(C)C2)n1. The lowest BCUT2D eigenvalue weighted by Crippen LogP contribution is -2.37. The molecule has 1 aromatic heterocycles. The molecule has 1 unspecified atom stereocenters. The van der Waals surface area contributed by atoms with Crippen LogP contribution in [0.3, 0.4) is 0 Å². The second-order valence-electron chi connectivity index (χ2n) is 5.95. The van der Waals surface area contributed by atoms with Gasteiger partial charge in [-0.05, 0) is 69.5 Å². The van der Waals surface area contributed by atoms with Crippen molar-refractivity contribution in [1.82, 2.24) is 15.2 Å². The molecule has 4 nitrogen and oxygen atoms in total. The zero-order valence-electron chi connectivity index (χ0n) is 13.1. The summed E-state index contributed by atoms with van der Waals surface area (Å²) in [5.74, 6) is 1.65. The van der Waals surface area contributed by atoms with E-state index >= 15 is 0 Å². The highest BCUT2D eigenvalue weighted by Crippen LogP contribution is 2.15. The fourth-order valence-electron chi connectivity index (χ4n) is 2.77. The van der Waals surface area contributed by atoms with Crippen LogP contribution in [0, 0.1) is 12.8 Å². The van der Waals surface area contributed by atoms with Gasteiger partial charge in [-0.3, -0.25) is 0 Å². The van der Waals surface area contributed by atoms with E-state index in [1.54, 1.807) is 0 Å². The third-order valence-corrected chi connectivity index (χ3v) is 4.05. The first kappa shape index (κ1) is 16.2. The lowest BCUT2D eigenvalue weighted by molar-refractivity contribution is 0.182. The second kappa shape index (κ2) is 8.29. The van der Waals surface area contributed by atoms with Crippen LogP contribution in [0.2, 0.25) is 0 Å². The lowest BCUT2D eigenvalue weighted by atomic mass is 10.0. The lowest BCUT2D eigenvalue weighted by Gasteiger charge is -2.30. The maximum absolute atomic E-state index is 5.29. The molecule has 1 atom stereocenters. The van der Waals surface area contributed by atoms with Crippen LogP contribution in [0.4, 0.5) is 5.82 Å². The number of rotatable bonds is 5. The van der Waals surface area contributed by atoms with Crippen LogP contribution in [0.1, 0.15) is 31.9 Å². The van der Waals surface area contributed by atoms with Gasteiger partial charge in [0.15, 0.2) is 5.11 Å². The summed E-state index contributed by atoms with van der Waals surface area (Å²) in [6, 6.07) is 5.88. The van der Waals surface area contributed by atoms with Gasteiger partial charge in [-0.25, -0.2) is 4.98 Å². The van der Waals surface area contributed by atoms with Crippen LogP contribution >= 0.6 is 12.2 Å². The first-order valence-corrected chi connectivity index (χ1v) is 8.25. The van der Waals surface area contributed by atoms with Crippen molar-refractivity contribution in [2.75, 3.05) is 31.5 Å². The summed E-state index contributed by atoms with van der Waals surface area (Å²) in [7, 11) is 0. The van der Waals surface area contributed by atoms with E-state index in [2.05, 4.69) is 27.4 Å². The van der Waals surface area contributed by atoms with Crippen LogP contribution in [-0.2, 0) is 0 Å². The van der Waals surface area contributed by atoms with Crippen LogP contribution in [-0.4, -0.2) is 41.2 Å². The van der Waals surface area contributed by atoms with E-state index in [0.717, 1.165) is 36.9 Å². The Morgan fingerprint density at radius 3 is 3.10 bits per heavy atom. The van der Waals surface area contributed by atoms with Gasteiger partial charge < -0.3 is 15.5 Å². The van der Waals surface area contributed by atoms with Crippen molar-refractivity contribution in [2.24, 2.45) is 5.92 Å². The molecule has 1 fully saturated rings. The normalized spacial score (nSPS) is 19.2. The van der Waals surface area contributed by atoms with Gasteiger partial charge in [-0.2, -0.15) is 0 Å². The van der Waals surface area contributed by atoms with Crippen molar-refractivity contribution in [3.05, 3.63) is 23.9 Å². The fourth-order valence-corrected chi connectivity index (χ4v) is 2.97. The van der Waals surface area contributed by atoms with Crippen LogP contribution in [0.25, 0.3) is 0 Å². The van der Waals surface area contributed by atoms with Gasteiger partial charge in [0.1, 0.15) is 5.82 Å². The Labute approximate surface area is 133 Å². The van der Waals surface area contributed by atoms with Crippen LogP contribution < -0.4 is 10.6 Å². The standard InChI is InChI=1S/C16H26N4S/c1-13-6-4-10-20(12-13)11-5-9-17-16(21)19-15-8-3-7-14(2)18-15/h3,7-8,13H,4-6,9-12H2,1-2H3,(H2,17,18,19,21). The maximum atomic E-state index is 5.29. The fraction of sp³-hybridized carbons (Fsp3) is 0.625. The highest BCUT2D eigenvalue weighted by Gasteiger charge is 2.15. The molecular formula is C16H26N4S. The molecule has 0 bridgehead atoms. The monoisotopic (exact) mass is 306 g/mol. The molecule has 0 amide bonds. The molecule has 116 valence electrons. The number of likely N-dealkylation sites (tertiary alicyclic amines) is 1. The molecule has 1 aliphatic heterocycles. The number of pyridine rings is 1. The van der Waals surface area contributed by atoms with Gasteiger partial charge in [0.05, 0.1) is 0 Å². The second-order valence-corrected chi connectivity index (χ2v) is 6.35. The first-order valence-electron chi connectivity index (χ1n) is 7.84. The Morgan fingerprint density at radius 1 is 1.48 bits per heavy atom. The smallest absolute Gasteiger partial charge is 0.171 e. The number of thiocarbonyl (C=S) groups is 1. The Balaban J connectivity index is 1.61. The zero-order valence-corrected chi connectivity index (χ0v) is 13.9. The Bertz CT molecular complexity index is 463. The molecule has 0 aliphatic carbocycles. The highest BCUT2D eigenvalue weighted by molar-refractivity contribution is 7.80. The molecule has 0 spiro atoms. The Morgan fingerprint density at radius 2 is 2.33 bits per heavy atom. The van der Waals surface area contributed by atoms with Gasteiger partial charge in [-0.1, -0.05) is 13.0 Å². The van der Waals surface area contributed by atoms with Crippen molar-refractivity contribution >= 4 is 23.1 Å². The summed E-state index contributed by atoms with van der Waals surface area (Å²) >= 11 is 5.29. The number of nitrogens with zero attached hydrogens (tertiary/aromatic N) is 2. The van der Waals surface area contributed by atoms with Crippen molar-refractivity contribution < 1.29 is 0 Å². The van der Waals surface area contributed by atoms with Crippen molar-refractivity contribution in [2.45, 2.75) is 33.1 Å². The van der Waals surface area contributed by atoms with Crippen molar-refractivity contribution in [3.8, 4) is 0 Å². The minimum absolute atomic E-state index is 0.653. The van der Waals surface area contributed by atoms with Gasteiger partial charge in [-0.15, -0.1) is 0 Å². The molecule has 1 aliphatic rings. The molecular weight excluding hydrogens is 280 g/mol. The maximum Gasteiger partial charge on any atom is 0.171 e. The van der Waals surface area contributed by atoms with E-state index in [1.165, 1.54) is 25.9 Å². The topological polar surface area (TPSA) is 40.2 Å². The molecule has 21 heavy (non-hydrogen) atoms. The molecule has 1 aromatic rings. The molecule has 2 N–H and O–H groups in total. The minimum Gasteiger partial charge on any atom is -0.362 e. The first-order chi connectivity index (χ1) is 10.1. The molecule has 0 saturated carbocycles. The van der Waals surface area contributed by atoms with E-state index in [9.17, 15) is 0 Å². The van der Waals surface area contributed by atoms with E-state index in [1.807, 2.05) is 25.1 Å². The predicted octanol–water partition coefficient (Wildman–Crippen LogP) is 2.80. The average Bonchev–Trinajstić information content (AvgIpc) is 2.44. The molecule has 1 saturated heterocycles. The van der Waals surface area contributed by atoms with E-state index in [4.69, 9.17) is 12.2 Å². The molecule has 0 aromatic carbocycles. The summed E-state index contributed by atoms with van der Waals surface area (Å²) in [6.07, 6.45) is 3.84. The zero-order chi connectivity index (χ0) is 15.1. The molecule has 2 heterocycles. The Hall–Kier alpha value is -1.20. The molecule has 5 heteroatoms. The summed E-state index contributed by atoms with van der Waals surface area (Å²) in [6.45, 7) is 8.88. The van der Waals surface area contributed by atoms with Gasteiger partial charge in [0.2, 0.25) is 0 Å². The number of anilines is 1. The number of hydrogen-bond donors (Lipinski definition) is 2. The number of nitrogens with one attached hydrogen (secondary N) is 2. The quantitative estimate of drug-likeness (QED) is 0.646. The third-order valence-electron chi connectivity index (χ3n) is 3.81. The highest BCUT2D eigenvalue weighted by atomic mass is 32.1. The number of hydrogen-bond acceptors (Lipinski definition) is 3. The summed E-state index contributed by atoms with van der Waals surface area (Å²) in [4.78, 5) is 6.94. The number of aryl methyl sites for hydroxylation is 1. The summed E-state index contributed by atoms with van der Waals surface area (Å²) < 4.78 is 0. The predicted molar refractivity (Wildman–Crippen MR) is 92.7 cm³/mol. The minimum atomic E-state index is 0.653. The third kappa shape index (κ3) is 5.98. The van der Waals surface area contributed by atoms with Crippen LogP contribution in [0.5, 0.6) is 0 Å². The van der Waals surface area contributed by atoms with Crippen molar-refractivity contribution in [3.63, 3.8) is 0 Å². The molecule has 2 rings (SSSR count). The molecule has 0 radical (unpaired) electrons. The van der Waals surface area contributed by atoms with Crippen LogP contribution in [0.15, 0.2) is 18.2 Å². The van der Waals surface area contributed by atoms with Crippen molar-refractivity contribution in [1.29, 1.82) is 0 Å². The Kier molecular flexibility index (Phi) is 6.39. The summed E-state index contributed by atoms with van der Waals surface area (Å²) in [5, 5.41) is 7.03. The van der Waals surface area contributed by atoms with E-state index in [-0.39, 0.29) is 0 Å². The summed E-state index contributed by atoms with van der Waals surface area (Å²) in [5.41, 5.74) is 0.988. The number of aromatic nitrogens is 1. The van der Waals surface area contributed by atoms with Gasteiger partial charge in [0, 0.05) is 18.8 Å². The number of piperidine rings is 1. The van der Waals surface area contributed by atoms with Gasteiger partial charge >= 0.3 is 0 Å². The van der Waals surface area contributed by atoms with E-state index < -0.39 is 0 Å². The van der Waals surface area contributed by atoms with E-state index in [0.29, 0.717) is 5.11 Å². The van der Waals surface area contributed by atoms with Gasteiger partial charge in [0.25, 0.3) is 0 Å². The largest absolute Gasteiger partial charge is 0.362 e.